The second-order valence-electron chi connectivity index (χ2n) is 6.43. The molecule has 110 valence electrons. The van der Waals surface area contributed by atoms with Gasteiger partial charge in [-0.05, 0) is 12.5 Å². The highest BCUT2D eigenvalue weighted by Crippen LogP contribution is 2.22. The molecule has 5 nitrogen and oxygen atoms in total. The van der Waals surface area contributed by atoms with E-state index in [1.807, 2.05) is 18.2 Å². The molecule has 0 unspecified atom stereocenters. The Kier molecular flexibility index (Phi) is 3.99. The summed E-state index contributed by atoms with van der Waals surface area (Å²) < 4.78 is 1.62. The lowest BCUT2D eigenvalue weighted by atomic mass is 9.92. The number of rotatable bonds is 3. The van der Waals surface area contributed by atoms with Gasteiger partial charge in [-0.15, -0.1) is 0 Å². The molecule has 1 aliphatic carbocycles. The first-order valence-electron chi connectivity index (χ1n) is 6.96. The number of amides is 1. The van der Waals surface area contributed by atoms with E-state index in [-0.39, 0.29) is 29.9 Å². The molecular formula is C15H23N3O2. The Morgan fingerprint density at radius 3 is 2.70 bits per heavy atom. The molecule has 0 radical (unpaired) electrons. The van der Waals surface area contributed by atoms with Crippen LogP contribution in [0.4, 0.5) is 0 Å². The van der Waals surface area contributed by atoms with Gasteiger partial charge in [0.2, 0.25) is 0 Å². The monoisotopic (exact) mass is 277 g/mol. The molecular weight excluding hydrogens is 254 g/mol. The van der Waals surface area contributed by atoms with Crippen LogP contribution in [0.1, 0.15) is 43.4 Å². The highest BCUT2D eigenvalue weighted by molar-refractivity contribution is 5.93. The van der Waals surface area contributed by atoms with Crippen molar-refractivity contribution in [1.29, 1.82) is 0 Å². The molecule has 0 bridgehead atoms. The van der Waals surface area contributed by atoms with Crippen LogP contribution in [0.15, 0.2) is 18.2 Å². The topological polar surface area (TPSA) is 67.2 Å². The van der Waals surface area contributed by atoms with Crippen LogP contribution in [-0.2, 0) is 12.5 Å². The summed E-state index contributed by atoms with van der Waals surface area (Å²) in [7, 11) is 1.78. The lowest BCUT2D eigenvalue weighted by Crippen LogP contribution is -2.34. The molecule has 0 saturated carbocycles. The van der Waals surface area contributed by atoms with Crippen molar-refractivity contribution < 1.29 is 9.90 Å². The summed E-state index contributed by atoms with van der Waals surface area (Å²) in [4.78, 5) is 12.3. The van der Waals surface area contributed by atoms with Gasteiger partial charge in [-0.2, -0.15) is 5.10 Å². The number of nitrogens with one attached hydrogen (secondary N) is 1. The predicted octanol–water partition coefficient (Wildman–Crippen LogP) is 1.38. The molecule has 1 aromatic rings. The van der Waals surface area contributed by atoms with Crippen LogP contribution < -0.4 is 5.32 Å². The summed E-state index contributed by atoms with van der Waals surface area (Å²) in [6.45, 7) is 6.34. The number of carbonyl (C=O) groups is 1. The standard InChI is InChI=1S/C15H23N3O2/c1-15(2,3)13-8-12(18(4)17-13)14(20)16-11-6-5-10(7-11)9-19/h5-6,8,10-11,19H,7,9H2,1-4H3,(H,16,20)/t10-,11+/m0/s1. The van der Waals surface area contributed by atoms with E-state index in [9.17, 15) is 4.79 Å². The van der Waals surface area contributed by atoms with Crippen LogP contribution in [0.3, 0.4) is 0 Å². The highest BCUT2D eigenvalue weighted by atomic mass is 16.3. The van der Waals surface area contributed by atoms with Crippen LogP contribution >= 0.6 is 0 Å². The van der Waals surface area contributed by atoms with E-state index in [4.69, 9.17) is 5.11 Å². The Morgan fingerprint density at radius 1 is 1.50 bits per heavy atom. The van der Waals surface area contributed by atoms with Crippen molar-refractivity contribution in [3.63, 3.8) is 0 Å². The van der Waals surface area contributed by atoms with E-state index < -0.39 is 0 Å². The van der Waals surface area contributed by atoms with Crippen LogP contribution in [0.2, 0.25) is 0 Å². The van der Waals surface area contributed by atoms with Crippen molar-refractivity contribution in [1.82, 2.24) is 15.1 Å². The van der Waals surface area contributed by atoms with Gasteiger partial charge in [0.1, 0.15) is 5.69 Å². The number of aryl methyl sites for hydroxylation is 1. The number of hydrogen-bond acceptors (Lipinski definition) is 3. The Hall–Kier alpha value is -1.62. The molecule has 1 amide bonds. The van der Waals surface area contributed by atoms with Crippen molar-refractivity contribution in [3.8, 4) is 0 Å². The van der Waals surface area contributed by atoms with Crippen LogP contribution in [0.5, 0.6) is 0 Å². The fourth-order valence-electron chi connectivity index (χ4n) is 2.31. The summed E-state index contributed by atoms with van der Waals surface area (Å²) >= 11 is 0. The average Bonchev–Trinajstić information content (AvgIpc) is 2.94. The van der Waals surface area contributed by atoms with Crippen molar-refractivity contribution in [2.45, 2.75) is 38.6 Å². The van der Waals surface area contributed by atoms with Gasteiger partial charge in [0.15, 0.2) is 0 Å². The maximum Gasteiger partial charge on any atom is 0.270 e. The second kappa shape index (κ2) is 5.40. The van der Waals surface area contributed by atoms with Gasteiger partial charge in [-0.1, -0.05) is 32.9 Å². The van der Waals surface area contributed by atoms with E-state index in [0.717, 1.165) is 12.1 Å². The maximum absolute atomic E-state index is 12.3. The van der Waals surface area contributed by atoms with Gasteiger partial charge < -0.3 is 10.4 Å². The normalized spacial score (nSPS) is 22.2. The largest absolute Gasteiger partial charge is 0.396 e. The van der Waals surface area contributed by atoms with Gasteiger partial charge in [0.25, 0.3) is 5.91 Å². The summed E-state index contributed by atoms with van der Waals surface area (Å²) in [6.07, 6.45) is 4.65. The molecule has 0 fully saturated rings. The zero-order valence-corrected chi connectivity index (χ0v) is 12.6. The first kappa shape index (κ1) is 14.8. The Balaban J connectivity index is 2.07. The predicted molar refractivity (Wildman–Crippen MR) is 77.5 cm³/mol. The van der Waals surface area contributed by atoms with Crippen molar-refractivity contribution in [3.05, 3.63) is 29.6 Å². The van der Waals surface area contributed by atoms with Gasteiger partial charge in [-0.3, -0.25) is 9.48 Å². The molecule has 1 aromatic heterocycles. The third kappa shape index (κ3) is 3.10. The quantitative estimate of drug-likeness (QED) is 0.820. The number of aromatic nitrogens is 2. The molecule has 1 heterocycles. The minimum absolute atomic E-state index is 0.00682. The molecule has 0 spiro atoms. The fourth-order valence-corrected chi connectivity index (χ4v) is 2.31. The lowest BCUT2D eigenvalue weighted by Gasteiger charge is -2.13. The molecule has 2 N–H and O–H groups in total. The second-order valence-corrected chi connectivity index (χ2v) is 6.43. The van der Waals surface area contributed by atoms with Crippen molar-refractivity contribution in [2.24, 2.45) is 13.0 Å². The minimum Gasteiger partial charge on any atom is -0.396 e. The molecule has 20 heavy (non-hydrogen) atoms. The first-order chi connectivity index (χ1) is 9.31. The maximum atomic E-state index is 12.3. The van der Waals surface area contributed by atoms with Crippen LogP contribution in [-0.4, -0.2) is 33.4 Å². The summed E-state index contributed by atoms with van der Waals surface area (Å²) in [6, 6.07) is 1.84. The first-order valence-corrected chi connectivity index (χ1v) is 6.96. The number of aliphatic hydroxyl groups excluding tert-OH is 1. The molecule has 1 aliphatic rings. The number of nitrogens with zero attached hydrogens (tertiary/aromatic N) is 2. The lowest BCUT2D eigenvalue weighted by molar-refractivity contribution is 0.0931. The number of hydrogen-bond donors (Lipinski definition) is 2. The summed E-state index contributed by atoms with van der Waals surface area (Å²) in [5.41, 5.74) is 1.39. The van der Waals surface area contributed by atoms with Crippen LogP contribution in [0, 0.1) is 5.92 Å². The zero-order chi connectivity index (χ0) is 14.9. The number of aliphatic hydroxyl groups is 1. The molecule has 0 aromatic carbocycles. The van der Waals surface area contributed by atoms with Gasteiger partial charge in [0.05, 0.1) is 5.69 Å². The minimum atomic E-state index is -0.122. The molecule has 5 heteroatoms. The highest BCUT2D eigenvalue weighted by Gasteiger charge is 2.24. The van der Waals surface area contributed by atoms with Gasteiger partial charge >= 0.3 is 0 Å². The fraction of sp³-hybridized carbons (Fsp3) is 0.600. The third-order valence-corrected chi connectivity index (χ3v) is 3.60. The van der Waals surface area contributed by atoms with E-state index in [1.165, 1.54) is 0 Å². The Morgan fingerprint density at radius 2 is 2.20 bits per heavy atom. The van der Waals surface area contributed by atoms with Crippen molar-refractivity contribution in [2.75, 3.05) is 6.61 Å². The third-order valence-electron chi connectivity index (χ3n) is 3.60. The van der Waals surface area contributed by atoms with Gasteiger partial charge in [-0.25, -0.2) is 0 Å². The molecule has 2 rings (SSSR count). The molecule has 0 aliphatic heterocycles. The van der Waals surface area contributed by atoms with E-state index in [2.05, 4.69) is 31.2 Å². The van der Waals surface area contributed by atoms with Crippen molar-refractivity contribution >= 4 is 5.91 Å². The SMILES string of the molecule is Cn1nc(C(C)(C)C)cc1C(=O)N[C@@H]1C=C[C@H](CO)C1. The van der Waals surface area contributed by atoms with E-state index in [0.29, 0.717) is 5.69 Å². The smallest absolute Gasteiger partial charge is 0.270 e. The average molecular weight is 277 g/mol. The summed E-state index contributed by atoms with van der Waals surface area (Å²) in [5, 5.41) is 16.5. The molecule has 0 saturated heterocycles. The van der Waals surface area contributed by atoms with Gasteiger partial charge in [0, 0.05) is 31.0 Å². The zero-order valence-electron chi connectivity index (χ0n) is 12.6. The molecule has 2 atom stereocenters. The Bertz CT molecular complexity index is 526. The summed E-state index contributed by atoms with van der Waals surface area (Å²) in [5.74, 6) is 0.0284. The Labute approximate surface area is 119 Å². The number of carbonyl (C=O) groups excluding carboxylic acids is 1. The van der Waals surface area contributed by atoms with E-state index >= 15 is 0 Å². The van der Waals surface area contributed by atoms with Crippen LogP contribution in [0.25, 0.3) is 0 Å². The van der Waals surface area contributed by atoms with E-state index in [1.54, 1.807) is 11.7 Å².